The lowest BCUT2D eigenvalue weighted by molar-refractivity contribution is -0.112. The van der Waals surface area contributed by atoms with E-state index in [4.69, 9.17) is 9.47 Å². The molecule has 0 atom stereocenters. The maximum absolute atomic E-state index is 14.7. The molecule has 0 unspecified atom stereocenters. The van der Waals surface area contributed by atoms with Gasteiger partial charge in [0.1, 0.15) is 22.8 Å². The summed E-state index contributed by atoms with van der Waals surface area (Å²) in [4.78, 5) is 50.2. The summed E-state index contributed by atoms with van der Waals surface area (Å²) in [5, 5.41) is 21.5. The van der Waals surface area contributed by atoms with Gasteiger partial charge in [-0.25, -0.2) is 36.9 Å². The number of anilines is 8. The number of halogens is 4. The fraction of sp³-hybridized carbons (Fsp3) is 0.259. The zero-order valence-corrected chi connectivity index (χ0v) is 44.8. The molecule has 0 aliphatic carbocycles. The van der Waals surface area contributed by atoms with Gasteiger partial charge in [-0.15, -0.1) is 0 Å². The maximum atomic E-state index is 14.7. The molecule has 78 heavy (non-hydrogen) atoms. The van der Waals surface area contributed by atoms with Crippen molar-refractivity contribution in [3.63, 3.8) is 0 Å². The number of carbonyl (C=O) groups excluding carboxylic acids is 2. The van der Waals surface area contributed by atoms with Gasteiger partial charge in [-0.1, -0.05) is 13.2 Å². The SMILES string of the molecule is C=CC(=O)Nc1cc(Nc2nccc(-n3nc(C)c4cc(F)c(F)cc43)n2)c(OC)cc1N(C)CCN(C)C.C=CC(=O)Nc1cc(Nc2nccc(-n3nc(C)c4cc(F)cc(F)c43)n2)c(OC)cc1N(C)CCN(C)C. The van der Waals surface area contributed by atoms with Crippen molar-refractivity contribution in [2.45, 2.75) is 13.8 Å². The highest BCUT2D eigenvalue weighted by Crippen LogP contribution is 2.40. The third kappa shape index (κ3) is 13.1. The molecule has 4 aromatic carbocycles. The van der Waals surface area contributed by atoms with Crippen molar-refractivity contribution in [2.75, 3.05) is 114 Å². The zero-order valence-electron chi connectivity index (χ0n) is 44.8. The van der Waals surface area contributed by atoms with Gasteiger partial charge in [0.2, 0.25) is 23.7 Å². The van der Waals surface area contributed by atoms with Crippen molar-refractivity contribution in [3.8, 4) is 23.1 Å². The van der Waals surface area contributed by atoms with Crippen LogP contribution < -0.4 is 40.5 Å². The van der Waals surface area contributed by atoms with E-state index in [9.17, 15) is 27.2 Å². The summed E-state index contributed by atoms with van der Waals surface area (Å²) in [6.07, 6.45) is 5.39. The van der Waals surface area contributed by atoms with Gasteiger partial charge in [0.15, 0.2) is 29.1 Å². The first kappa shape index (κ1) is 56.6. The van der Waals surface area contributed by atoms with Gasteiger partial charge in [-0.2, -0.15) is 20.2 Å². The van der Waals surface area contributed by atoms with Gasteiger partial charge in [-0.3, -0.25) is 9.59 Å². The van der Waals surface area contributed by atoms with Gasteiger partial charge >= 0.3 is 0 Å². The molecule has 0 bridgehead atoms. The molecule has 0 aliphatic rings. The third-order valence-electron chi connectivity index (χ3n) is 12.1. The number of hydrogen-bond acceptors (Lipinski definition) is 16. The predicted molar refractivity (Wildman–Crippen MR) is 296 cm³/mol. The van der Waals surface area contributed by atoms with Gasteiger partial charge in [0.05, 0.1) is 65.2 Å². The summed E-state index contributed by atoms with van der Waals surface area (Å²) in [5.41, 5.74) is 4.98. The number of fused-ring (bicyclic) bond motifs is 2. The molecule has 4 N–H and O–H groups in total. The Labute approximate surface area is 448 Å². The summed E-state index contributed by atoms with van der Waals surface area (Å²) in [6, 6.07) is 14.5. The highest BCUT2D eigenvalue weighted by molar-refractivity contribution is 6.03. The molecule has 20 nitrogen and oxygen atoms in total. The number of aryl methyl sites for hydroxylation is 2. The molecule has 8 rings (SSSR count). The molecule has 0 spiro atoms. The second kappa shape index (κ2) is 24.7. The van der Waals surface area contributed by atoms with Crippen LogP contribution in [-0.2, 0) is 9.59 Å². The van der Waals surface area contributed by atoms with Crippen LogP contribution in [0.1, 0.15) is 11.4 Å². The summed E-state index contributed by atoms with van der Waals surface area (Å²) in [5.74, 6) is -2.14. The summed E-state index contributed by atoms with van der Waals surface area (Å²) < 4.78 is 70.3. The minimum atomic E-state index is -0.981. The number of nitrogens with zero attached hydrogens (tertiary/aromatic N) is 12. The molecule has 0 saturated heterocycles. The highest BCUT2D eigenvalue weighted by Gasteiger charge is 2.21. The second-order valence-corrected chi connectivity index (χ2v) is 18.3. The standard InChI is InChI=1S/2C27H30F2N8O2/c1-7-26(38)31-20-14-21(24(39-6)15-23(20)36(5)11-10-35(3)4)32-27-30-9-8-25(33-27)37-22-13-19(29)18(28)12-17(22)16(2)34-37;1-7-25(38)31-20-14-21(23(39-6)15-22(20)36(5)11-10-35(3)4)32-27-30-9-8-24(33-27)37-26-18(16(2)34-37)12-17(28)13-19(26)29/h2*7-9,12-15H,1,10-11H2,2-6H3,(H,31,38)(H,30,32,33). The molecule has 0 radical (unpaired) electrons. The number of aromatic nitrogens is 8. The average Bonchev–Trinajstić information content (AvgIpc) is 3.92. The van der Waals surface area contributed by atoms with Crippen molar-refractivity contribution in [2.24, 2.45) is 0 Å². The van der Waals surface area contributed by atoms with Crippen LogP contribution in [-0.4, -0.2) is 144 Å². The number of methoxy groups -OCH3 is 2. The average molecular weight is 1070 g/mol. The number of nitrogens with one attached hydrogen (secondary N) is 4. The summed E-state index contributed by atoms with van der Waals surface area (Å²) in [6.45, 7) is 13.4. The van der Waals surface area contributed by atoms with Crippen molar-refractivity contribution < 1.29 is 36.6 Å². The fourth-order valence-electron chi connectivity index (χ4n) is 8.02. The first-order chi connectivity index (χ1) is 37.2. The van der Waals surface area contributed by atoms with Crippen LogP contribution in [0, 0.1) is 37.1 Å². The lowest BCUT2D eigenvalue weighted by atomic mass is 10.2. The summed E-state index contributed by atoms with van der Waals surface area (Å²) >= 11 is 0. The summed E-state index contributed by atoms with van der Waals surface area (Å²) in [7, 11) is 14.8. The molecule has 408 valence electrons. The molecule has 8 aromatic rings. The molecule has 0 saturated carbocycles. The topological polar surface area (TPSA) is 201 Å². The fourth-order valence-corrected chi connectivity index (χ4v) is 8.02. The van der Waals surface area contributed by atoms with E-state index >= 15 is 0 Å². The molecule has 2 amide bonds. The Hall–Kier alpha value is -9.16. The molecule has 24 heteroatoms. The van der Waals surface area contributed by atoms with E-state index in [0.29, 0.717) is 80.8 Å². The van der Waals surface area contributed by atoms with Crippen LogP contribution in [0.25, 0.3) is 33.4 Å². The lowest BCUT2D eigenvalue weighted by Gasteiger charge is -2.26. The molecular weight excluding hydrogens is 1010 g/mol. The van der Waals surface area contributed by atoms with E-state index in [1.165, 1.54) is 54.2 Å². The molecule has 0 fully saturated rings. The zero-order chi connectivity index (χ0) is 56.5. The Kier molecular flexibility index (Phi) is 17.9. The minimum Gasteiger partial charge on any atom is -0.494 e. The van der Waals surface area contributed by atoms with E-state index < -0.39 is 23.3 Å². The second-order valence-electron chi connectivity index (χ2n) is 18.3. The van der Waals surface area contributed by atoms with Gasteiger partial charge < -0.3 is 50.3 Å². The quantitative estimate of drug-likeness (QED) is 0.0418. The van der Waals surface area contributed by atoms with E-state index in [2.05, 4.69) is 74.4 Å². The largest absolute Gasteiger partial charge is 0.494 e. The number of rotatable bonds is 20. The number of likely N-dealkylation sites (N-methyl/N-ethyl adjacent to an activating group) is 4. The Balaban J connectivity index is 0.000000226. The van der Waals surface area contributed by atoms with Gasteiger partial charge in [0.25, 0.3) is 0 Å². The van der Waals surface area contributed by atoms with Crippen LogP contribution >= 0.6 is 0 Å². The van der Waals surface area contributed by atoms with Gasteiger partial charge in [-0.05, 0) is 78.5 Å². The minimum absolute atomic E-state index is 0.107. The van der Waals surface area contributed by atoms with Crippen LogP contribution in [0.3, 0.4) is 0 Å². The van der Waals surface area contributed by atoms with E-state index in [0.717, 1.165) is 42.7 Å². The molecule has 0 aliphatic heterocycles. The first-order valence-electron chi connectivity index (χ1n) is 24.1. The van der Waals surface area contributed by atoms with Crippen LogP contribution in [0.4, 0.5) is 63.6 Å². The maximum Gasteiger partial charge on any atom is 0.247 e. The Morgan fingerprint density at radius 2 is 1.05 bits per heavy atom. The van der Waals surface area contributed by atoms with Crippen molar-refractivity contribution in [3.05, 3.63) is 133 Å². The highest BCUT2D eigenvalue weighted by atomic mass is 19.2. The monoisotopic (exact) mass is 1070 g/mol. The molecule has 4 heterocycles. The Bertz CT molecular complexity index is 3530. The van der Waals surface area contributed by atoms with Crippen LogP contribution in [0.15, 0.2) is 98.4 Å². The smallest absolute Gasteiger partial charge is 0.247 e. The van der Waals surface area contributed by atoms with E-state index in [-0.39, 0.29) is 35.0 Å². The normalized spacial score (nSPS) is 11.1. The third-order valence-corrected chi connectivity index (χ3v) is 12.1. The van der Waals surface area contributed by atoms with E-state index in [1.807, 2.05) is 58.2 Å². The number of benzene rings is 4. The number of carbonyl (C=O) groups is 2. The number of amides is 2. The Morgan fingerprint density at radius 1 is 0.590 bits per heavy atom. The lowest BCUT2D eigenvalue weighted by Crippen LogP contribution is -2.29. The number of ether oxygens (including phenoxy) is 2. The van der Waals surface area contributed by atoms with Crippen molar-refractivity contribution >= 4 is 79.6 Å². The molecule has 4 aromatic heterocycles. The van der Waals surface area contributed by atoms with Crippen molar-refractivity contribution in [1.82, 2.24) is 49.3 Å². The Morgan fingerprint density at radius 3 is 1.53 bits per heavy atom. The van der Waals surface area contributed by atoms with Crippen molar-refractivity contribution in [1.29, 1.82) is 0 Å². The van der Waals surface area contributed by atoms with Crippen LogP contribution in [0.2, 0.25) is 0 Å². The first-order valence-corrected chi connectivity index (χ1v) is 24.1. The van der Waals surface area contributed by atoms with Gasteiger partial charge in [0, 0.05) is 99.8 Å². The molecular formula is C54H60F4N16O4. The van der Waals surface area contributed by atoms with E-state index in [1.54, 1.807) is 44.2 Å². The number of hydrogen-bond donors (Lipinski definition) is 4. The van der Waals surface area contributed by atoms with Crippen LogP contribution in [0.5, 0.6) is 11.5 Å². The predicted octanol–water partition coefficient (Wildman–Crippen LogP) is 8.55.